The third kappa shape index (κ3) is 4.21. The second-order valence-corrected chi connectivity index (χ2v) is 10.8. The summed E-state index contributed by atoms with van der Waals surface area (Å²) in [4.78, 5) is 18.3. The molecule has 1 aromatic carbocycles. The number of sulfonamides is 1. The largest absolute Gasteiger partial charge is 0.351 e. The molecule has 1 amide bonds. The van der Waals surface area contributed by atoms with Crippen LogP contribution in [-0.2, 0) is 10.0 Å². The van der Waals surface area contributed by atoms with Crippen molar-refractivity contribution in [2.45, 2.75) is 50.8 Å². The first-order valence-corrected chi connectivity index (χ1v) is 12.2. The summed E-state index contributed by atoms with van der Waals surface area (Å²) in [6.45, 7) is 6.92. The summed E-state index contributed by atoms with van der Waals surface area (Å²) in [7, 11) is -3.53. The number of rotatable bonds is 3. The van der Waals surface area contributed by atoms with Gasteiger partial charge in [-0.1, -0.05) is 26.7 Å². The maximum absolute atomic E-state index is 13.2. The third-order valence-electron chi connectivity index (χ3n) is 6.19. The summed E-state index contributed by atoms with van der Waals surface area (Å²) in [5, 5.41) is 0.766. The summed E-state index contributed by atoms with van der Waals surface area (Å²) in [5.74, 6) is 0.732. The molecule has 158 valence electrons. The topological polar surface area (TPSA) is 73.5 Å². The molecule has 3 heterocycles. The van der Waals surface area contributed by atoms with Crippen molar-refractivity contribution in [2.24, 2.45) is 11.8 Å². The molecule has 0 aliphatic carbocycles. The van der Waals surface area contributed by atoms with E-state index in [4.69, 9.17) is 0 Å². The minimum atomic E-state index is -3.53. The van der Waals surface area contributed by atoms with Crippen LogP contribution in [0.2, 0.25) is 0 Å². The molecule has 2 unspecified atom stereocenters. The Morgan fingerprint density at radius 3 is 2.31 bits per heavy atom. The molecule has 29 heavy (non-hydrogen) atoms. The van der Waals surface area contributed by atoms with Gasteiger partial charge in [0, 0.05) is 37.1 Å². The smallest absolute Gasteiger partial charge is 0.270 e. The number of nitrogens with zero attached hydrogens (tertiary/aromatic N) is 2. The Bertz CT molecular complexity index is 980. The number of hydrogen-bond acceptors (Lipinski definition) is 3. The maximum atomic E-state index is 13.2. The Balaban J connectivity index is 1.60. The summed E-state index contributed by atoms with van der Waals surface area (Å²) < 4.78 is 28.0. The van der Waals surface area contributed by atoms with Crippen LogP contribution in [0.15, 0.2) is 29.2 Å². The second-order valence-electron chi connectivity index (χ2n) is 8.91. The Morgan fingerprint density at radius 2 is 1.66 bits per heavy atom. The van der Waals surface area contributed by atoms with E-state index in [0.717, 1.165) is 43.3 Å². The van der Waals surface area contributed by atoms with E-state index in [1.807, 2.05) is 4.90 Å². The average molecular weight is 418 g/mol. The van der Waals surface area contributed by atoms with Gasteiger partial charge >= 0.3 is 0 Å². The van der Waals surface area contributed by atoms with Crippen LogP contribution in [0.25, 0.3) is 10.9 Å². The molecule has 4 rings (SSSR count). The fraction of sp³-hybridized carbons (Fsp3) is 0.591. The molecule has 0 saturated carbocycles. The molecule has 0 spiro atoms. The van der Waals surface area contributed by atoms with Gasteiger partial charge in [-0.05, 0) is 55.4 Å². The van der Waals surface area contributed by atoms with Crippen molar-refractivity contribution in [1.82, 2.24) is 14.2 Å². The quantitative estimate of drug-likeness (QED) is 0.824. The van der Waals surface area contributed by atoms with Crippen LogP contribution in [0, 0.1) is 11.8 Å². The van der Waals surface area contributed by atoms with E-state index in [-0.39, 0.29) is 5.91 Å². The molecule has 2 aliphatic rings. The number of carbonyl (C=O) groups excluding carboxylic acids is 1. The van der Waals surface area contributed by atoms with Crippen molar-refractivity contribution in [3.8, 4) is 0 Å². The van der Waals surface area contributed by atoms with Gasteiger partial charge < -0.3 is 9.88 Å². The number of amides is 1. The van der Waals surface area contributed by atoms with Crippen LogP contribution >= 0.6 is 0 Å². The fourth-order valence-corrected chi connectivity index (χ4v) is 6.50. The van der Waals surface area contributed by atoms with Gasteiger partial charge in [-0.15, -0.1) is 0 Å². The number of fused-ring (bicyclic) bond motifs is 1. The average Bonchev–Trinajstić information content (AvgIpc) is 2.91. The zero-order chi connectivity index (χ0) is 20.6. The van der Waals surface area contributed by atoms with Crippen LogP contribution in [0.5, 0.6) is 0 Å². The number of likely N-dealkylation sites (tertiary alicyclic amines) is 1. The van der Waals surface area contributed by atoms with E-state index in [2.05, 4.69) is 18.8 Å². The minimum absolute atomic E-state index is 0.00573. The molecule has 2 aliphatic heterocycles. The first-order valence-electron chi connectivity index (χ1n) is 10.8. The number of nitrogens with one attached hydrogen (secondary N) is 1. The van der Waals surface area contributed by atoms with E-state index in [1.165, 1.54) is 12.8 Å². The Hall–Kier alpha value is -1.86. The van der Waals surface area contributed by atoms with Crippen LogP contribution in [0.3, 0.4) is 0 Å². The number of benzene rings is 1. The van der Waals surface area contributed by atoms with Crippen molar-refractivity contribution in [1.29, 1.82) is 0 Å². The predicted octanol–water partition coefficient (Wildman–Crippen LogP) is 3.85. The van der Waals surface area contributed by atoms with Crippen LogP contribution in [0.4, 0.5) is 0 Å². The molecule has 6 nitrogen and oxygen atoms in total. The number of piperidine rings is 1. The number of hydrogen-bond donors (Lipinski definition) is 1. The Labute approximate surface area is 173 Å². The van der Waals surface area contributed by atoms with Gasteiger partial charge in [-0.25, -0.2) is 8.42 Å². The van der Waals surface area contributed by atoms with Crippen molar-refractivity contribution in [3.63, 3.8) is 0 Å². The third-order valence-corrected chi connectivity index (χ3v) is 8.02. The molecule has 2 fully saturated rings. The fourth-order valence-electron chi connectivity index (χ4n) is 4.78. The van der Waals surface area contributed by atoms with E-state index >= 15 is 0 Å². The highest BCUT2D eigenvalue weighted by Crippen LogP contribution is 2.28. The molecule has 7 heteroatoms. The van der Waals surface area contributed by atoms with Crippen molar-refractivity contribution >= 4 is 26.8 Å². The SMILES string of the molecule is CC1CC(C)CN(S(=O)(=O)c2ccc3[nH]c(C(=O)N4CCCCCC4)cc3c2)C1. The predicted molar refractivity (Wildman–Crippen MR) is 114 cm³/mol. The number of H-pyrrole nitrogens is 1. The van der Waals surface area contributed by atoms with Gasteiger partial charge in [0.05, 0.1) is 4.90 Å². The van der Waals surface area contributed by atoms with Crippen molar-refractivity contribution in [2.75, 3.05) is 26.2 Å². The number of aromatic amines is 1. The first-order chi connectivity index (χ1) is 13.8. The molecule has 2 atom stereocenters. The van der Waals surface area contributed by atoms with Gasteiger partial charge in [0.15, 0.2) is 0 Å². The molecule has 2 aromatic rings. The molecule has 0 radical (unpaired) electrons. The normalized spacial score (nSPS) is 24.6. The highest BCUT2D eigenvalue weighted by molar-refractivity contribution is 7.89. The zero-order valence-corrected chi connectivity index (χ0v) is 18.2. The Kier molecular flexibility index (Phi) is 5.71. The van der Waals surface area contributed by atoms with E-state index in [1.54, 1.807) is 28.6 Å². The molecule has 1 N–H and O–H groups in total. The molecular weight excluding hydrogens is 386 g/mol. The summed E-state index contributed by atoms with van der Waals surface area (Å²) >= 11 is 0. The van der Waals surface area contributed by atoms with Gasteiger partial charge in [-0.2, -0.15) is 4.31 Å². The lowest BCUT2D eigenvalue weighted by molar-refractivity contribution is 0.0756. The summed E-state index contributed by atoms with van der Waals surface area (Å²) in [5.41, 5.74) is 1.33. The van der Waals surface area contributed by atoms with Crippen LogP contribution < -0.4 is 0 Å². The number of aromatic nitrogens is 1. The zero-order valence-electron chi connectivity index (χ0n) is 17.4. The van der Waals surface area contributed by atoms with E-state index in [0.29, 0.717) is 35.5 Å². The Morgan fingerprint density at radius 1 is 1.00 bits per heavy atom. The van der Waals surface area contributed by atoms with Gasteiger partial charge in [0.1, 0.15) is 5.69 Å². The second kappa shape index (κ2) is 8.11. The molecule has 1 aromatic heterocycles. The maximum Gasteiger partial charge on any atom is 0.270 e. The summed E-state index contributed by atoms with van der Waals surface area (Å²) in [6.07, 6.45) is 5.49. The van der Waals surface area contributed by atoms with Gasteiger partial charge in [0.25, 0.3) is 5.91 Å². The summed E-state index contributed by atoms with van der Waals surface area (Å²) in [6, 6.07) is 6.92. The molecule has 0 bridgehead atoms. The number of carbonyl (C=O) groups is 1. The van der Waals surface area contributed by atoms with E-state index in [9.17, 15) is 13.2 Å². The standard InChI is InChI=1S/C22H31N3O3S/c1-16-11-17(2)15-25(14-16)29(27,28)19-7-8-20-18(12-19)13-21(23-20)22(26)24-9-5-3-4-6-10-24/h7-8,12-13,16-17,23H,3-6,9-11,14-15H2,1-2H3. The van der Waals surface area contributed by atoms with E-state index < -0.39 is 10.0 Å². The lowest BCUT2D eigenvalue weighted by Gasteiger charge is -2.34. The lowest BCUT2D eigenvalue weighted by Crippen LogP contribution is -2.42. The highest BCUT2D eigenvalue weighted by atomic mass is 32.2. The van der Waals surface area contributed by atoms with Gasteiger partial charge in [0.2, 0.25) is 10.0 Å². The minimum Gasteiger partial charge on any atom is -0.351 e. The van der Waals surface area contributed by atoms with Gasteiger partial charge in [-0.3, -0.25) is 4.79 Å². The monoisotopic (exact) mass is 417 g/mol. The molecular formula is C22H31N3O3S. The highest BCUT2D eigenvalue weighted by Gasteiger charge is 2.32. The van der Waals surface area contributed by atoms with Crippen molar-refractivity contribution < 1.29 is 13.2 Å². The molecule has 2 saturated heterocycles. The lowest BCUT2D eigenvalue weighted by atomic mass is 9.94. The first kappa shape index (κ1) is 20.4. The van der Waals surface area contributed by atoms with Crippen molar-refractivity contribution in [3.05, 3.63) is 30.0 Å². The van der Waals surface area contributed by atoms with Crippen LogP contribution in [0.1, 0.15) is 56.4 Å². The van der Waals surface area contributed by atoms with Crippen LogP contribution in [-0.4, -0.2) is 54.7 Å².